The van der Waals surface area contributed by atoms with Gasteiger partial charge in [-0.1, -0.05) is 45.9 Å². The van der Waals surface area contributed by atoms with Gasteiger partial charge in [-0.05, 0) is 24.0 Å². The predicted molar refractivity (Wildman–Crippen MR) is 85.0 cm³/mol. The van der Waals surface area contributed by atoms with E-state index in [1.54, 1.807) is 24.3 Å². The monoisotopic (exact) mass is 290 g/mol. The predicted octanol–water partition coefficient (Wildman–Crippen LogP) is 2.56. The number of carbonyl (C=O) groups is 2. The van der Waals surface area contributed by atoms with Gasteiger partial charge in [0.05, 0.1) is 6.54 Å². The molecular formula is C17H26N2O2. The molecule has 4 heteroatoms. The summed E-state index contributed by atoms with van der Waals surface area (Å²) in [7, 11) is 0. The fourth-order valence-electron chi connectivity index (χ4n) is 2.12. The van der Waals surface area contributed by atoms with Crippen LogP contribution in [0.3, 0.4) is 0 Å². The van der Waals surface area contributed by atoms with E-state index < -0.39 is 0 Å². The van der Waals surface area contributed by atoms with Crippen LogP contribution in [0.2, 0.25) is 0 Å². The van der Waals surface area contributed by atoms with Gasteiger partial charge >= 0.3 is 0 Å². The van der Waals surface area contributed by atoms with E-state index in [1.807, 2.05) is 11.0 Å². The quantitative estimate of drug-likeness (QED) is 0.839. The van der Waals surface area contributed by atoms with Crippen molar-refractivity contribution in [1.82, 2.24) is 10.2 Å². The number of amides is 2. The lowest BCUT2D eigenvalue weighted by atomic mass is 10.1. The highest BCUT2D eigenvalue weighted by Crippen LogP contribution is 2.04. The van der Waals surface area contributed by atoms with Crippen molar-refractivity contribution < 1.29 is 9.59 Å². The van der Waals surface area contributed by atoms with E-state index in [9.17, 15) is 9.59 Å². The minimum atomic E-state index is -0.210. The minimum absolute atomic E-state index is 0.0262. The largest absolute Gasteiger partial charge is 0.343 e. The second-order valence-corrected chi connectivity index (χ2v) is 6.14. The molecule has 0 bridgehead atoms. The van der Waals surface area contributed by atoms with E-state index >= 15 is 0 Å². The van der Waals surface area contributed by atoms with Crippen LogP contribution in [0.4, 0.5) is 0 Å². The fraction of sp³-hybridized carbons (Fsp3) is 0.529. The van der Waals surface area contributed by atoms with Crippen LogP contribution in [0.5, 0.6) is 0 Å². The molecule has 0 saturated heterocycles. The molecule has 1 aromatic rings. The summed E-state index contributed by atoms with van der Waals surface area (Å²) in [6.07, 6.45) is 0. The first-order valence-electron chi connectivity index (χ1n) is 7.51. The van der Waals surface area contributed by atoms with Gasteiger partial charge in [-0.15, -0.1) is 0 Å². The lowest BCUT2D eigenvalue weighted by molar-refractivity contribution is -0.131. The van der Waals surface area contributed by atoms with E-state index in [-0.39, 0.29) is 18.4 Å². The number of nitrogens with zero attached hydrogens (tertiary/aromatic N) is 1. The zero-order chi connectivity index (χ0) is 15.8. The molecule has 1 N–H and O–H groups in total. The highest BCUT2D eigenvalue weighted by atomic mass is 16.2. The Hall–Kier alpha value is -1.84. The molecule has 0 atom stereocenters. The van der Waals surface area contributed by atoms with Crippen LogP contribution < -0.4 is 5.32 Å². The molecule has 0 radical (unpaired) electrons. The van der Waals surface area contributed by atoms with E-state index in [2.05, 4.69) is 33.0 Å². The average Bonchev–Trinajstić information content (AvgIpc) is 2.43. The number of hydrogen-bond donors (Lipinski definition) is 1. The van der Waals surface area contributed by atoms with Gasteiger partial charge in [-0.2, -0.15) is 0 Å². The van der Waals surface area contributed by atoms with E-state index in [0.717, 1.165) is 13.1 Å². The highest BCUT2D eigenvalue weighted by Gasteiger charge is 2.17. The molecule has 4 nitrogen and oxygen atoms in total. The van der Waals surface area contributed by atoms with Crippen LogP contribution in [0.25, 0.3) is 0 Å². The van der Waals surface area contributed by atoms with Crippen molar-refractivity contribution in [2.75, 3.05) is 19.6 Å². The molecule has 2 amide bonds. The third-order valence-electron chi connectivity index (χ3n) is 2.96. The molecule has 0 saturated carbocycles. The molecule has 0 spiro atoms. The van der Waals surface area contributed by atoms with Gasteiger partial charge in [-0.3, -0.25) is 9.59 Å². The maximum Gasteiger partial charge on any atom is 0.251 e. The molecular weight excluding hydrogens is 264 g/mol. The second kappa shape index (κ2) is 8.45. The number of nitrogens with one attached hydrogen (secondary N) is 1. The Balaban J connectivity index is 2.55. The lowest BCUT2D eigenvalue weighted by Crippen LogP contribution is -2.43. The molecule has 21 heavy (non-hydrogen) atoms. The van der Waals surface area contributed by atoms with Crippen molar-refractivity contribution in [2.24, 2.45) is 11.8 Å². The molecule has 0 aliphatic rings. The summed E-state index contributed by atoms with van der Waals surface area (Å²) in [5, 5.41) is 2.70. The Labute approximate surface area is 127 Å². The molecule has 116 valence electrons. The third kappa shape index (κ3) is 6.43. The maximum atomic E-state index is 12.3. The van der Waals surface area contributed by atoms with Crippen LogP contribution >= 0.6 is 0 Å². The lowest BCUT2D eigenvalue weighted by Gasteiger charge is -2.26. The summed E-state index contributed by atoms with van der Waals surface area (Å²) in [5.74, 6) is 0.592. The van der Waals surface area contributed by atoms with Gasteiger partial charge in [0.2, 0.25) is 5.91 Å². The van der Waals surface area contributed by atoms with Gasteiger partial charge in [0, 0.05) is 18.7 Å². The number of benzene rings is 1. The van der Waals surface area contributed by atoms with E-state index in [0.29, 0.717) is 17.4 Å². The molecule has 1 aromatic carbocycles. The molecule has 0 aliphatic heterocycles. The molecule has 0 unspecified atom stereocenters. The van der Waals surface area contributed by atoms with Crippen LogP contribution in [0, 0.1) is 11.8 Å². The summed E-state index contributed by atoms with van der Waals surface area (Å²) in [6.45, 7) is 9.84. The fourth-order valence-corrected chi connectivity index (χ4v) is 2.12. The first kappa shape index (κ1) is 17.2. The summed E-state index contributed by atoms with van der Waals surface area (Å²) >= 11 is 0. The van der Waals surface area contributed by atoms with Crippen molar-refractivity contribution in [3.8, 4) is 0 Å². The van der Waals surface area contributed by atoms with Crippen LogP contribution in [-0.4, -0.2) is 36.3 Å². The maximum absolute atomic E-state index is 12.3. The Bertz CT molecular complexity index is 445. The van der Waals surface area contributed by atoms with Crippen LogP contribution in [0.15, 0.2) is 30.3 Å². The Kier molecular flexibility index (Phi) is 6.92. The molecule has 0 fully saturated rings. The van der Waals surface area contributed by atoms with Crippen molar-refractivity contribution in [2.45, 2.75) is 27.7 Å². The molecule has 0 heterocycles. The van der Waals surface area contributed by atoms with E-state index in [1.165, 1.54) is 0 Å². The van der Waals surface area contributed by atoms with Crippen LogP contribution in [0.1, 0.15) is 38.1 Å². The van der Waals surface area contributed by atoms with Crippen LogP contribution in [-0.2, 0) is 4.79 Å². The number of rotatable bonds is 7. The molecule has 0 aromatic heterocycles. The minimum Gasteiger partial charge on any atom is -0.343 e. The molecule has 0 aliphatic carbocycles. The van der Waals surface area contributed by atoms with Crippen molar-refractivity contribution in [3.63, 3.8) is 0 Å². The normalized spacial score (nSPS) is 10.8. The zero-order valence-corrected chi connectivity index (χ0v) is 13.4. The van der Waals surface area contributed by atoms with Crippen molar-refractivity contribution >= 4 is 11.8 Å². The van der Waals surface area contributed by atoms with Crippen molar-refractivity contribution in [1.29, 1.82) is 0 Å². The second-order valence-electron chi connectivity index (χ2n) is 6.14. The van der Waals surface area contributed by atoms with Crippen molar-refractivity contribution in [3.05, 3.63) is 35.9 Å². The third-order valence-corrected chi connectivity index (χ3v) is 2.96. The Morgan fingerprint density at radius 3 is 2.00 bits per heavy atom. The zero-order valence-electron chi connectivity index (χ0n) is 13.4. The standard InChI is InChI=1S/C17H26N2O2/c1-13(2)11-19(12-14(3)4)16(20)10-18-17(21)15-8-6-5-7-9-15/h5-9,13-14H,10-12H2,1-4H3,(H,18,21). The SMILES string of the molecule is CC(C)CN(CC(C)C)C(=O)CNC(=O)c1ccccc1. The average molecular weight is 290 g/mol. The Morgan fingerprint density at radius 2 is 1.52 bits per heavy atom. The Morgan fingerprint density at radius 1 is 1.00 bits per heavy atom. The van der Waals surface area contributed by atoms with E-state index in [4.69, 9.17) is 0 Å². The number of hydrogen-bond acceptors (Lipinski definition) is 2. The smallest absolute Gasteiger partial charge is 0.251 e. The topological polar surface area (TPSA) is 49.4 Å². The van der Waals surface area contributed by atoms with Gasteiger partial charge in [0.25, 0.3) is 5.91 Å². The summed E-state index contributed by atoms with van der Waals surface area (Å²) in [6, 6.07) is 8.94. The summed E-state index contributed by atoms with van der Waals surface area (Å²) in [5.41, 5.74) is 0.574. The number of carbonyl (C=O) groups excluding carboxylic acids is 2. The van der Waals surface area contributed by atoms with Gasteiger partial charge in [-0.25, -0.2) is 0 Å². The summed E-state index contributed by atoms with van der Waals surface area (Å²) in [4.78, 5) is 26.0. The first-order valence-corrected chi connectivity index (χ1v) is 7.51. The highest BCUT2D eigenvalue weighted by molar-refractivity contribution is 5.96. The first-order chi connectivity index (χ1) is 9.90. The summed E-state index contributed by atoms with van der Waals surface area (Å²) < 4.78 is 0. The molecule has 1 rings (SSSR count). The van der Waals surface area contributed by atoms with Gasteiger partial charge in [0.15, 0.2) is 0 Å². The van der Waals surface area contributed by atoms with Gasteiger partial charge < -0.3 is 10.2 Å². The van der Waals surface area contributed by atoms with Gasteiger partial charge in [0.1, 0.15) is 0 Å².